The minimum atomic E-state index is -1.02. The van der Waals surface area contributed by atoms with Gasteiger partial charge in [0.1, 0.15) is 11.4 Å². The number of esters is 1. The molecule has 1 atom stereocenters. The zero-order valence-electron chi connectivity index (χ0n) is 15.5. The average molecular weight is 360 g/mol. The number of nitrogens with zero attached hydrogens (tertiary/aromatic N) is 1. The van der Waals surface area contributed by atoms with E-state index in [1.165, 1.54) is 12.1 Å². The minimum Gasteiger partial charge on any atom is -0.455 e. The number of rotatable bonds is 6. The Morgan fingerprint density at radius 3 is 2.38 bits per heavy atom. The lowest BCUT2D eigenvalue weighted by atomic mass is 9.79. The Kier molecular flexibility index (Phi) is 6.01. The summed E-state index contributed by atoms with van der Waals surface area (Å²) in [4.78, 5) is 24.9. The highest BCUT2D eigenvalue weighted by Crippen LogP contribution is 2.42. The monoisotopic (exact) mass is 360 g/mol. The molecule has 0 saturated heterocycles. The van der Waals surface area contributed by atoms with Crippen LogP contribution >= 0.6 is 0 Å². The Balaban J connectivity index is 2.06. The van der Waals surface area contributed by atoms with E-state index in [9.17, 15) is 19.2 Å². The van der Waals surface area contributed by atoms with E-state index in [4.69, 9.17) is 4.74 Å². The molecule has 0 unspecified atom stereocenters. The Labute approximate surface area is 153 Å². The van der Waals surface area contributed by atoms with E-state index in [0.29, 0.717) is 18.4 Å². The lowest BCUT2D eigenvalue weighted by molar-refractivity contribution is -0.154. The largest absolute Gasteiger partial charge is 0.455 e. The number of benzene rings is 1. The molecule has 0 spiro atoms. The van der Waals surface area contributed by atoms with Gasteiger partial charge in [0.15, 0.2) is 6.61 Å². The zero-order valence-corrected chi connectivity index (χ0v) is 15.5. The van der Waals surface area contributed by atoms with Crippen LogP contribution in [-0.4, -0.2) is 24.0 Å². The molecule has 1 fully saturated rings. The number of amides is 1. The summed E-state index contributed by atoms with van der Waals surface area (Å²) in [5, 5.41) is 11.9. The van der Waals surface area contributed by atoms with Gasteiger partial charge in [-0.05, 0) is 43.4 Å². The summed E-state index contributed by atoms with van der Waals surface area (Å²) >= 11 is 0. The molecule has 1 aliphatic carbocycles. The van der Waals surface area contributed by atoms with Crippen LogP contribution in [0.3, 0.4) is 0 Å². The van der Waals surface area contributed by atoms with Gasteiger partial charge in [0.05, 0.1) is 11.5 Å². The summed E-state index contributed by atoms with van der Waals surface area (Å²) in [6, 6.07) is 7.95. The maximum atomic E-state index is 13.2. The third-order valence-electron chi connectivity index (χ3n) is 5.37. The van der Waals surface area contributed by atoms with E-state index in [1.807, 2.05) is 13.8 Å². The van der Waals surface area contributed by atoms with Crippen molar-refractivity contribution in [3.8, 4) is 6.07 Å². The van der Waals surface area contributed by atoms with E-state index in [0.717, 1.165) is 12.8 Å². The molecule has 26 heavy (non-hydrogen) atoms. The standard InChI is InChI=1S/C20H25FN2O3/c1-14(2)19(3,13-22)23-17(24)12-26-18(25)20(10-4-5-11-20)15-6-8-16(21)9-7-15/h6-9,14H,4-5,10-12H2,1-3H3,(H,23,24)/t19-/m1/s1. The van der Waals surface area contributed by atoms with Gasteiger partial charge in [-0.1, -0.05) is 38.8 Å². The Morgan fingerprint density at radius 2 is 1.88 bits per heavy atom. The third kappa shape index (κ3) is 4.04. The molecule has 0 aliphatic heterocycles. The van der Waals surface area contributed by atoms with Gasteiger partial charge in [-0.2, -0.15) is 5.26 Å². The highest BCUT2D eigenvalue weighted by atomic mass is 19.1. The average Bonchev–Trinajstić information content (AvgIpc) is 3.11. The molecule has 140 valence electrons. The van der Waals surface area contributed by atoms with Crippen molar-refractivity contribution < 1.29 is 18.7 Å². The highest BCUT2D eigenvalue weighted by Gasteiger charge is 2.44. The van der Waals surface area contributed by atoms with Crippen molar-refractivity contribution in [3.63, 3.8) is 0 Å². The van der Waals surface area contributed by atoms with Gasteiger partial charge in [-0.3, -0.25) is 9.59 Å². The second kappa shape index (κ2) is 7.86. The first kappa shape index (κ1) is 19.9. The lowest BCUT2D eigenvalue weighted by Gasteiger charge is -2.29. The summed E-state index contributed by atoms with van der Waals surface area (Å²) in [6.45, 7) is 4.86. The van der Waals surface area contributed by atoms with Gasteiger partial charge in [-0.15, -0.1) is 0 Å². The number of carbonyl (C=O) groups excluding carboxylic acids is 2. The molecule has 2 rings (SSSR count). The van der Waals surface area contributed by atoms with E-state index >= 15 is 0 Å². The van der Waals surface area contributed by atoms with Crippen molar-refractivity contribution in [2.45, 2.75) is 57.4 Å². The van der Waals surface area contributed by atoms with Crippen LogP contribution in [0.25, 0.3) is 0 Å². The predicted octanol–water partition coefficient (Wildman–Crippen LogP) is 3.24. The fourth-order valence-corrected chi connectivity index (χ4v) is 3.25. The molecule has 0 heterocycles. The Bertz CT molecular complexity index is 703. The summed E-state index contributed by atoms with van der Waals surface area (Å²) in [6.07, 6.45) is 2.97. The molecular formula is C20H25FN2O3. The number of ether oxygens (including phenoxy) is 1. The highest BCUT2D eigenvalue weighted by molar-refractivity contribution is 5.87. The SMILES string of the molecule is CC(C)[C@@](C)(C#N)NC(=O)COC(=O)C1(c2ccc(F)cc2)CCCC1. The molecule has 1 aromatic rings. The first-order valence-electron chi connectivity index (χ1n) is 8.89. The molecule has 5 nitrogen and oxygen atoms in total. The predicted molar refractivity (Wildman–Crippen MR) is 94.5 cm³/mol. The van der Waals surface area contributed by atoms with E-state index in [2.05, 4.69) is 11.4 Å². The van der Waals surface area contributed by atoms with E-state index in [-0.39, 0.29) is 11.7 Å². The zero-order chi connectivity index (χ0) is 19.4. The van der Waals surface area contributed by atoms with E-state index < -0.39 is 29.4 Å². The normalized spacial score (nSPS) is 18.0. The van der Waals surface area contributed by atoms with Gasteiger partial charge in [0.2, 0.25) is 0 Å². The summed E-state index contributed by atoms with van der Waals surface area (Å²) in [5.41, 5.74) is -1.14. The van der Waals surface area contributed by atoms with Crippen molar-refractivity contribution >= 4 is 11.9 Å². The molecule has 6 heteroatoms. The molecule has 0 aromatic heterocycles. The van der Waals surface area contributed by atoms with E-state index in [1.54, 1.807) is 19.1 Å². The third-order valence-corrected chi connectivity index (χ3v) is 5.37. The van der Waals surface area contributed by atoms with Crippen LogP contribution in [0.2, 0.25) is 0 Å². The number of carbonyl (C=O) groups is 2. The Morgan fingerprint density at radius 1 is 1.31 bits per heavy atom. The molecule has 1 amide bonds. The molecule has 1 N–H and O–H groups in total. The van der Waals surface area contributed by atoms with Crippen LogP contribution in [0, 0.1) is 23.1 Å². The van der Waals surface area contributed by atoms with Crippen LogP contribution in [0.5, 0.6) is 0 Å². The number of nitrogens with one attached hydrogen (secondary N) is 1. The van der Waals surface area contributed by atoms with Crippen LogP contribution in [-0.2, 0) is 19.7 Å². The fourth-order valence-electron chi connectivity index (χ4n) is 3.25. The lowest BCUT2D eigenvalue weighted by Crippen LogP contribution is -2.50. The molecule has 0 bridgehead atoms. The Hall–Kier alpha value is -2.42. The van der Waals surface area contributed by atoms with Gasteiger partial charge in [0.25, 0.3) is 5.91 Å². The summed E-state index contributed by atoms with van der Waals surface area (Å²) in [7, 11) is 0. The van der Waals surface area contributed by atoms with Crippen molar-refractivity contribution in [2.24, 2.45) is 5.92 Å². The first-order valence-corrected chi connectivity index (χ1v) is 8.89. The number of nitriles is 1. The maximum absolute atomic E-state index is 13.2. The van der Waals surface area contributed by atoms with Crippen molar-refractivity contribution in [2.75, 3.05) is 6.61 Å². The summed E-state index contributed by atoms with van der Waals surface area (Å²) < 4.78 is 18.5. The van der Waals surface area contributed by atoms with Crippen molar-refractivity contribution in [3.05, 3.63) is 35.6 Å². The van der Waals surface area contributed by atoms with Gasteiger partial charge >= 0.3 is 5.97 Å². The van der Waals surface area contributed by atoms with Crippen LogP contribution in [0.15, 0.2) is 24.3 Å². The smallest absolute Gasteiger partial charge is 0.317 e. The second-order valence-corrected chi connectivity index (χ2v) is 7.39. The molecule has 1 aromatic carbocycles. The number of hydrogen-bond donors (Lipinski definition) is 1. The molecule has 0 radical (unpaired) electrons. The van der Waals surface area contributed by atoms with Gasteiger partial charge in [0, 0.05) is 0 Å². The molecule has 1 aliphatic rings. The first-order chi connectivity index (χ1) is 12.2. The fraction of sp³-hybridized carbons (Fsp3) is 0.550. The topological polar surface area (TPSA) is 79.2 Å². The quantitative estimate of drug-likeness (QED) is 0.790. The van der Waals surface area contributed by atoms with Crippen molar-refractivity contribution in [1.82, 2.24) is 5.32 Å². The van der Waals surface area contributed by atoms with Crippen LogP contribution < -0.4 is 5.32 Å². The van der Waals surface area contributed by atoms with Gasteiger partial charge in [-0.25, -0.2) is 4.39 Å². The molecule has 1 saturated carbocycles. The summed E-state index contributed by atoms with van der Waals surface area (Å²) in [5.74, 6) is -1.44. The number of hydrogen-bond acceptors (Lipinski definition) is 4. The van der Waals surface area contributed by atoms with Crippen LogP contribution in [0.4, 0.5) is 4.39 Å². The second-order valence-electron chi connectivity index (χ2n) is 7.39. The molecular weight excluding hydrogens is 335 g/mol. The number of halogens is 1. The van der Waals surface area contributed by atoms with Crippen molar-refractivity contribution in [1.29, 1.82) is 5.26 Å². The van der Waals surface area contributed by atoms with Gasteiger partial charge < -0.3 is 10.1 Å². The maximum Gasteiger partial charge on any atom is 0.317 e. The minimum absolute atomic E-state index is 0.0902. The van der Waals surface area contributed by atoms with Crippen LogP contribution in [0.1, 0.15) is 52.0 Å².